The molecular formula is C12H16FNO2. The molecule has 3 nitrogen and oxygen atoms in total. The summed E-state index contributed by atoms with van der Waals surface area (Å²) < 4.78 is 18.4. The van der Waals surface area contributed by atoms with Crippen molar-refractivity contribution >= 4 is 11.7 Å². The van der Waals surface area contributed by atoms with E-state index in [9.17, 15) is 9.18 Å². The number of hydrogen-bond donors (Lipinski definition) is 1. The first-order chi connectivity index (χ1) is 7.22. The molecule has 0 aliphatic heterocycles. The highest BCUT2D eigenvalue weighted by atomic mass is 19.1. The fourth-order valence-corrected chi connectivity index (χ4v) is 1.30. The molecular weight excluding hydrogens is 209 g/mol. The summed E-state index contributed by atoms with van der Waals surface area (Å²) in [6, 6.07) is 2.74. The van der Waals surface area contributed by atoms with E-state index in [1.54, 1.807) is 27.7 Å². The summed E-state index contributed by atoms with van der Waals surface area (Å²) in [7, 11) is 0. The molecule has 0 spiro atoms. The lowest BCUT2D eigenvalue weighted by molar-refractivity contribution is 0.00696. The number of anilines is 1. The van der Waals surface area contributed by atoms with Gasteiger partial charge < -0.3 is 10.5 Å². The predicted molar refractivity (Wildman–Crippen MR) is 60.7 cm³/mol. The minimum absolute atomic E-state index is 0.106. The minimum atomic E-state index is -0.623. The molecule has 0 saturated carbocycles. The van der Waals surface area contributed by atoms with Crippen LogP contribution >= 0.6 is 0 Å². The lowest BCUT2D eigenvalue weighted by Gasteiger charge is -2.20. The fraction of sp³-hybridized carbons (Fsp3) is 0.417. The van der Waals surface area contributed by atoms with E-state index in [1.165, 1.54) is 12.1 Å². The lowest BCUT2D eigenvalue weighted by Crippen LogP contribution is -2.25. The third-order valence-corrected chi connectivity index (χ3v) is 2.00. The van der Waals surface area contributed by atoms with E-state index in [1.807, 2.05) is 0 Å². The van der Waals surface area contributed by atoms with Crippen molar-refractivity contribution in [3.05, 3.63) is 29.1 Å². The van der Waals surface area contributed by atoms with Gasteiger partial charge in [-0.25, -0.2) is 9.18 Å². The number of esters is 1. The van der Waals surface area contributed by atoms with E-state index in [2.05, 4.69) is 0 Å². The number of carbonyl (C=O) groups excluding carboxylic acids is 1. The molecule has 4 heteroatoms. The van der Waals surface area contributed by atoms with Crippen molar-refractivity contribution in [1.82, 2.24) is 0 Å². The van der Waals surface area contributed by atoms with E-state index in [-0.39, 0.29) is 11.3 Å². The summed E-state index contributed by atoms with van der Waals surface area (Å²) in [4.78, 5) is 11.8. The van der Waals surface area contributed by atoms with Gasteiger partial charge in [0.05, 0.1) is 11.3 Å². The first kappa shape index (κ1) is 12.5. The van der Waals surface area contributed by atoms with Crippen LogP contribution in [0.4, 0.5) is 10.1 Å². The van der Waals surface area contributed by atoms with E-state index in [0.717, 1.165) is 0 Å². The van der Waals surface area contributed by atoms with Crippen LogP contribution in [0.15, 0.2) is 12.1 Å². The number of nitrogens with two attached hydrogens (primary N) is 1. The summed E-state index contributed by atoms with van der Waals surface area (Å²) in [5.41, 5.74) is 5.46. The van der Waals surface area contributed by atoms with E-state index < -0.39 is 17.4 Å². The van der Waals surface area contributed by atoms with Crippen molar-refractivity contribution in [1.29, 1.82) is 0 Å². The highest BCUT2D eigenvalue weighted by molar-refractivity contribution is 5.97. The number of nitrogen functional groups attached to an aromatic ring is 1. The van der Waals surface area contributed by atoms with Crippen molar-refractivity contribution < 1.29 is 13.9 Å². The Morgan fingerprint density at radius 3 is 2.44 bits per heavy atom. The lowest BCUT2D eigenvalue weighted by atomic mass is 10.1. The molecule has 2 N–H and O–H groups in total. The third kappa shape index (κ3) is 2.72. The Labute approximate surface area is 94.4 Å². The number of benzene rings is 1. The highest BCUT2D eigenvalue weighted by Gasteiger charge is 2.22. The first-order valence-electron chi connectivity index (χ1n) is 5.00. The molecule has 0 fully saturated rings. The van der Waals surface area contributed by atoms with Crippen LogP contribution in [0.3, 0.4) is 0 Å². The van der Waals surface area contributed by atoms with Crippen molar-refractivity contribution in [2.75, 3.05) is 5.73 Å². The van der Waals surface area contributed by atoms with Crippen LogP contribution in [0.1, 0.15) is 36.7 Å². The average molecular weight is 225 g/mol. The molecule has 88 valence electrons. The summed E-state index contributed by atoms with van der Waals surface area (Å²) in [6.07, 6.45) is 0. The Morgan fingerprint density at radius 2 is 1.94 bits per heavy atom. The quantitative estimate of drug-likeness (QED) is 0.590. The number of ether oxygens (including phenoxy) is 1. The molecule has 0 atom stereocenters. The van der Waals surface area contributed by atoms with Gasteiger partial charge in [0, 0.05) is 0 Å². The largest absolute Gasteiger partial charge is 0.456 e. The maximum atomic E-state index is 13.2. The fourth-order valence-electron chi connectivity index (χ4n) is 1.30. The van der Waals surface area contributed by atoms with Gasteiger partial charge in [0.15, 0.2) is 0 Å². The summed E-state index contributed by atoms with van der Waals surface area (Å²) in [5, 5.41) is 0. The molecule has 16 heavy (non-hydrogen) atoms. The van der Waals surface area contributed by atoms with Crippen LogP contribution in [0, 0.1) is 12.7 Å². The second-order valence-electron chi connectivity index (χ2n) is 4.65. The maximum absolute atomic E-state index is 13.2. The molecule has 0 aliphatic carbocycles. The van der Waals surface area contributed by atoms with Crippen LogP contribution in [0.25, 0.3) is 0 Å². The zero-order valence-corrected chi connectivity index (χ0v) is 9.93. The number of aryl methyl sites for hydroxylation is 1. The minimum Gasteiger partial charge on any atom is -0.456 e. The molecule has 0 unspecified atom stereocenters. The van der Waals surface area contributed by atoms with Gasteiger partial charge in [-0.15, -0.1) is 0 Å². The second kappa shape index (κ2) is 4.12. The predicted octanol–water partition coefficient (Wildman–Crippen LogP) is 2.67. The Kier molecular flexibility index (Phi) is 3.21. The van der Waals surface area contributed by atoms with Gasteiger partial charge >= 0.3 is 5.97 Å². The smallest absolute Gasteiger partial charge is 0.341 e. The Balaban J connectivity index is 3.14. The number of halogens is 1. The Hall–Kier alpha value is -1.58. The molecule has 1 aromatic rings. The topological polar surface area (TPSA) is 52.3 Å². The van der Waals surface area contributed by atoms with E-state index in [4.69, 9.17) is 10.5 Å². The zero-order valence-electron chi connectivity index (χ0n) is 9.93. The molecule has 0 aliphatic rings. The molecule has 0 saturated heterocycles. The normalized spacial score (nSPS) is 11.3. The average Bonchev–Trinajstić information content (AvgIpc) is 2.09. The number of carbonyl (C=O) groups is 1. The molecule has 0 aromatic heterocycles. The first-order valence-corrected chi connectivity index (χ1v) is 5.00. The number of rotatable bonds is 1. The van der Waals surface area contributed by atoms with Crippen LogP contribution in [0.2, 0.25) is 0 Å². The van der Waals surface area contributed by atoms with Gasteiger partial charge in [0.2, 0.25) is 0 Å². The number of hydrogen-bond acceptors (Lipinski definition) is 3. The van der Waals surface area contributed by atoms with Crippen molar-refractivity contribution in [2.24, 2.45) is 0 Å². The van der Waals surface area contributed by atoms with Crippen molar-refractivity contribution in [2.45, 2.75) is 33.3 Å². The molecule has 0 bridgehead atoms. The summed E-state index contributed by atoms with van der Waals surface area (Å²) in [5.74, 6) is -1.20. The molecule has 0 radical (unpaired) electrons. The van der Waals surface area contributed by atoms with Gasteiger partial charge in [0.25, 0.3) is 0 Å². The SMILES string of the molecule is Cc1ccc(F)c(N)c1C(=O)OC(C)(C)C. The van der Waals surface area contributed by atoms with Gasteiger partial charge in [-0.05, 0) is 39.3 Å². The summed E-state index contributed by atoms with van der Waals surface area (Å²) >= 11 is 0. The molecule has 0 amide bonds. The third-order valence-electron chi connectivity index (χ3n) is 2.00. The Morgan fingerprint density at radius 1 is 1.38 bits per heavy atom. The molecule has 1 rings (SSSR count). The van der Waals surface area contributed by atoms with E-state index >= 15 is 0 Å². The van der Waals surface area contributed by atoms with Crippen LogP contribution in [-0.4, -0.2) is 11.6 Å². The van der Waals surface area contributed by atoms with Gasteiger partial charge in [-0.2, -0.15) is 0 Å². The van der Waals surface area contributed by atoms with E-state index in [0.29, 0.717) is 5.56 Å². The molecule has 0 heterocycles. The van der Waals surface area contributed by atoms with Crippen LogP contribution in [-0.2, 0) is 4.74 Å². The van der Waals surface area contributed by atoms with Crippen LogP contribution in [0.5, 0.6) is 0 Å². The van der Waals surface area contributed by atoms with Gasteiger partial charge in [0.1, 0.15) is 11.4 Å². The van der Waals surface area contributed by atoms with Gasteiger partial charge in [-0.3, -0.25) is 0 Å². The monoisotopic (exact) mass is 225 g/mol. The van der Waals surface area contributed by atoms with Crippen LogP contribution < -0.4 is 5.73 Å². The maximum Gasteiger partial charge on any atom is 0.341 e. The van der Waals surface area contributed by atoms with Crippen molar-refractivity contribution in [3.63, 3.8) is 0 Å². The summed E-state index contributed by atoms with van der Waals surface area (Å²) in [6.45, 7) is 6.93. The van der Waals surface area contributed by atoms with Gasteiger partial charge in [-0.1, -0.05) is 6.07 Å². The highest BCUT2D eigenvalue weighted by Crippen LogP contribution is 2.23. The Bertz CT molecular complexity index is 422. The molecule has 1 aromatic carbocycles. The standard InChI is InChI=1S/C12H16FNO2/c1-7-5-6-8(13)10(14)9(7)11(15)16-12(2,3)4/h5-6H,14H2,1-4H3. The zero-order chi connectivity index (χ0) is 12.5. The van der Waals surface area contributed by atoms with Crippen molar-refractivity contribution in [3.8, 4) is 0 Å². The second-order valence-corrected chi connectivity index (χ2v) is 4.65.